The van der Waals surface area contributed by atoms with Crippen LogP contribution in [-0.2, 0) is 5.41 Å². The van der Waals surface area contributed by atoms with Gasteiger partial charge in [-0.25, -0.2) is 15.0 Å². The van der Waals surface area contributed by atoms with E-state index in [-0.39, 0.29) is 0 Å². The molecule has 4 nitrogen and oxygen atoms in total. The van der Waals surface area contributed by atoms with Crippen LogP contribution in [0.3, 0.4) is 0 Å². The lowest BCUT2D eigenvalue weighted by atomic mass is 9.67. The fourth-order valence-corrected chi connectivity index (χ4v) is 8.58. The number of aryl methyl sites for hydroxylation is 2. The zero-order valence-electron chi connectivity index (χ0n) is 31.8. The highest BCUT2D eigenvalue weighted by molar-refractivity contribution is 5.88. The molecule has 9 aromatic rings. The standard InChI is InChI=1S/C53H38N4/c1-35-22-32-45(36(2)54-35)38-25-29-41(30-26-38)52-56-50(39-14-6-3-7-15-39)55-51(57-52)40-27-23-37(24-28-40)42-31-33-47-46-20-12-13-21-48(46)53(49(47)34-42,43-16-8-4-9-17-43)44-18-10-5-11-19-44/h3-34H,1-2H3. The molecule has 0 fully saturated rings. The smallest absolute Gasteiger partial charge is 0.164 e. The molecule has 1 aliphatic rings. The van der Waals surface area contributed by atoms with Gasteiger partial charge in [-0.15, -0.1) is 0 Å². The van der Waals surface area contributed by atoms with Gasteiger partial charge in [-0.2, -0.15) is 0 Å². The second kappa shape index (κ2) is 14.1. The van der Waals surface area contributed by atoms with Crippen molar-refractivity contribution in [2.45, 2.75) is 19.3 Å². The van der Waals surface area contributed by atoms with Crippen LogP contribution in [0.4, 0.5) is 0 Å². The molecule has 4 heteroatoms. The van der Waals surface area contributed by atoms with Gasteiger partial charge in [0.15, 0.2) is 17.5 Å². The lowest BCUT2D eigenvalue weighted by molar-refractivity contribution is 0.769. The summed E-state index contributed by atoms with van der Waals surface area (Å²) < 4.78 is 0. The van der Waals surface area contributed by atoms with Gasteiger partial charge in [0.25, 0.3) is 0 Å². The Morgan fingerprint density at radius 2 is 0.754 bits per heavy atom. The van der Waals surface area contributed by atoms with Crippen molar-refractivity contribution in [2.75, 3.05) is 0 Å². The van der Waals surface area contributed by atoms with Gasteiger partial charge < -0.3 is 0 Å². The minimum Gasteiger partial charge on any atom is -0.258 e. The van der Waals surface area contributed by atoms with Gasteiger partial charge in [0.05, 0.1) is 5.41 Å². The summed E-state index contributed by atoms with van der Waals surface area (Å²) in [5, 5.41) is 0. The molecule has 10 rings (SSSR count). The molecule has 0 bridgehead atoms. The molecule has 0 saturated carbocycles. The zero-order valence-corrected chi connectivity index (χ0v) is 31.8. The number of hydrogen-bond acceptors (Lipinski definition) is 4. The summed E-state index contributed by atoms with van der Waals surface area (Å²) >= 11 is 0. The molecule has 0 amide bonds. The maximum atomic E-state index is 5.06. The fraction of sp³-hybridized carbons (Fsp3) is 0.0566. The maximum absolute atomic E-state index is 5.06. The van der Waals surface area contributed by atoms with Crippen LogP contribution in [0.25, 0.3) is 67.5 Å². The molecule has 2 aromatic heterocycles. The first-order valence-electron chi connectivity index (χ1n) is 19.4. The van der Waals surface area contributed by atoms with Crippen LogP contribution in [-0.4, -0.2) is 19.9 Å². The molecule has 7 aromatic carbocycles. The maximum Gasteiger partial charge on any atom is 0.164 e. The first-order valence-corrected chi connectivity index (χ1v) is 19.4. The summed E-state index contributed by atoms with van der Waals surface area (Å²) in [5.41, 5.74) is 16.5. The largest absolute Gasteiger partial charge is 0.258 e. The van der Waals surface area contributed by atoms with E-state index in [1.165, 1.54) is 33.4 Å². The predicted molar refractivity (Wildman–Crippen MR) is 232 cm³/mol. The monoisotopic (exact) mass is 730 g/mol. The highest BCUT2D eigenvalue weighted by Crippen LogP contribution is 2.56. The Morgan fingerprint density at radius 3 is 1.33 bits per heavy atom. The molecule has 0 radical (unpaired) electrons. The molecule has 270 valence electrons. The van der Waals surface area contributed by atoms with Crippen molar-refractivity contribution < 1.29 is 0 Å². The fourth-order valence-electron chi connectivity index (χ4n) is 8.58. The SMILES string of the molecule is Cc1ccc(-c2ccc(-c3nc(-c4ccccc4)nc(-c4ccc(-c5ccc6c(c5)C(c5ccccc5)(c5ccccc5)c5ccccc5-6)cc4)n3)cc2)c(C)n1. The van der Waals surface area contributed by atoms with Crippen LogP contribution in [0.15, 0.2) is 194 Å². The van der Waals surface area contributed by atoms with E-state index in [1.807, 2.05) is 37.3 Å². The summed E-state index contributed by atoms with van der Waals surface area (Å²) in [6.45, 7) is 4.07. The third-order valence-electron chi connectivity index (χ3n) is 11.3. The molecule has 2 heterocycles. The van der Waals surface area contributed by atoms with E-state index in [0.717, 1.165) is 50.3 Å². The summed E-state index contributed by atoms with van der Waals surface area (Å²) in [7, 11) is 0. The van der Waals surface area contributed by atoms with Crippen LogP contribution in [0.5, 0.6) is 0 Å². The van der Waals surface area contributed by atoms with Gasteiger partial charge in [-0.3, -0.25) is 4.98 Å². The van der Waals surface area contributed by atoms with Crippen molar-refractivity contribution in [3.8, 4) is 67.5 Å². The number of pyridine rings is 1. The van der Waals surface area contributed by atoms with Crippen LogP contribution in [0, 0.1) is 13.8 Å². The van der Waals surface area contributed by atoms with Crippen molar-refractivity contribution in [3.63, 3.8) is 0 Å². The number of benzene rings is 7. The highest BCUT2D eigenvalue weighted by atomic mass is 15.0. The minimum atomic E-state index is -0.451. The van der Waals surface area contributed by atoms with Gasteiger partial charge in [0, 0.05) is 33.6 Å². The Balaban J connectivity index is 1.05. The summed E-state index contributed by atoms with van der Waals surface area (Å²) in [4.78, 5) is 19.7. The molecule has 0 saturated heterocycles. The first-order chi connectivity index (χ1) is 28.1. The van der Waals surface area contributed by atoms with Gasteiger partial charge in [-0.05, 0) is 76.1 Å². The minimum absolute atomic E-state index is 0.451. The molecule has 0 unspecified atom stereocenters. The molecular formula is C53H38N4. The average molecular weight is 731 g/mol. The van der Waals surface area contributed by atoms with E-state index in [2.05, 4.69) is 176 Å². The van der Waals surface area contributed by atoms with Crippen LogP contribution in [0.1, 0.15) is 33.6 Å². The molecule has 0 spiro atoms. The van der Waals surface area contributed by atoms with E-state index in [9.17, 15) is 0 Å². The topological polar surface area (TPSA) is 51.6 Å². The van der Waals surface area contributed by atoms with Crippen LogP contribution >= 0.6 is 0 Å². The Kier molecular flexibility index (Phi) is 8.45. The predicted octanol–water partition coefficient (Wildman–Crippen LogP) is 12.6. The Bertz CT molecular complexity index is 2850. The quantitative estimate of drug-likeness (QED) is 0.164. The second-order valence-corrected chi connectivity index (χ2v) is 14.7. The lowest BCUT2D eigenvalue weighted by Gasteiger charge is -2.34. The van der Waals surface area contributed by atoms with Crippen molar-refractivity contribution >= 4 is 0 Å². The molecule has 1 aliphatic carbocycles. The van der Waals surface area contributed by atoms with Crippen LogP contribution < -0.4 is 0 Å². The molecule has 0 aliphatic heterocycles. The second-order valence-electron chi connectivity index (χ2n) is 14.7. The third-order valence-corrected chi connectivity index (χ3v) is 11.3. The normalized spacial score (nSPS) is 12.5. The van der Waals surface area contributed by atoms with Crippen molar-refractivity contribution in [3.05, 3.63) is 228 Å². The van der Waals surface area contributed by atoms with Crippen molar-refractivity contribution in [1.82, 2.24) is 19.9 Å². The average Bonchev–Trinajstić information content (AvgIpc) is 3.58. The molecule has 0 atom stereocenters. The van der Waals surface area contributed by atoms with E-state index in [0.29, 0.717) is 17.5 Å². The molecular weight excluding hydrogens is 693 g/mol. The Morgan fingerprint density at radius 1 is 0.316 bits per heavy atom. The van der Waals surface area contributed by atoms with Crippen molar-refractivity contribution in [1.29, 1.82) is 0 Å². The molecule has 57 heavy (non-hydrogen) atoms. The van der Waals surface area contributed by atoms with Gasteiger partial charge >= 0.3 is 0 Å². The summed E-state index contributed by atoms with van der Waals surface area (Å²) in [6, 6.07) is 69.0. The number of hydrogen-bond donors (Lipinski definition) is 0. The number of nitrogens with zero attached hydrogens (tertiary/aromatic N) is 4. The first kappa shape index (κ1) is 34.2. The van der Waals surface area contributed by atoms with Gasteiger partial charge in [-0.1, -0.05) is 182 Å². The Hall–Kier alpha value is -7.30. The third kappa shape index (κ3) is 5.94. The zero-order chi connectivity index (χ0) is 38.3. The molecule has 0 N–H and O–H groups in total. The lowest BCUT2D eigenvalue weighted by Crippen LogP contribution is -2.28. The number of fused-ring (bicyclic) bond motifs is 3. The summed E-state index contributed by atoms with van der Waals surface area (Å²) in [6.07, 6.45) is 0. The van der Waals surface area contributed by atoms with Crippen LogP contribution in [0.2, 0.25) is 0 Å². The van der Waals surface area contributed by atoms with E-state index in [4.69, 9.17) is 15.0 Å². The van der Waals surface area contributed by atoms with Gasteiger partial charge in [0.1, 0.15) is 0 Å². The van der Waals surface area contributed by atoms with E-state index >= 15 is 0 Å². The van der Waals surface area contributed by atoms with E-state index in [1.54, 1.807) is 0 Å². The van der Waals surface area contributed by atoms with Crippen molar-refractivity contribution in [2.24, 2.45) is 0 Å². The summed E-state index contributed by atoms with van der Waals surface area (Å²) in [5.74, 6) is 1.90. The Labute approximate surface area is 333 Å². The van der Waals surface area contributed by atoms with Gasteiger partial charge in [0.2, 0.25) is 0 Å². The highest BCUT2D eigenvalue weighted by Gasteiger charge is 2.46. The number of aromatic nitrogens is 4. The number of rotatable bonds is 7. The van der Waals surface area contributed by atoms with E-state index < -0.39 is 5.41 Å².